The van der Waals surface area contributed by atoms with Crippen molar-refractivity contribution in [3.8, 4) is 0 Å². The molecule has 2 heterocycles. The van der Waals surface area contributed by atoms with Gasteiger partial charge in [-0.25, -0.2) is 9.59 Å². The number of nitrogens with one attached hydrogen (secondary N) is 4. The van der Waals surface area contributed by atoms with Crippen LogP contribution in [0, 0.1) is 0 Å². The molecular weight excluding hydrogens is 632 g/mol. The maximum atomic E-state index is 12.9. The molecule has 3 aliphatic rings. The maximum absolute atomic E-state index is 12.9. The van der Waals surface area contributed by atoms with Crippen LogP contribution in [0.3, 0.4) is 0 Å². The molecule has 2 aromatic carbocycles. The van der Waals surface area contributed by atoms with Gasteiger partial charge in [-0.2, -0.15) is 0 Å². The third-order valence-corrected chi connectivity index (χ3v) is 8.43. The second-order valence-corrected chi connectivity index (χ2v) is 11.9. The fourth-order valence-electron chi connectivity index (χ4n) is 5.83. The SMILES string of the molecule is O=C1CCC(=O)N[C@H]2C[C@@H](NC(=O)OCc3ccccc3)[C@H](O)[C@@H](O)[C@@H]2O[C@H]2O[C@H](CN1)[C@@H](O)[C@H](O)[C@H]2NC(=O)OCc1ccccc1. The van der Waals surface area contributed by atoms with Crippen LogP contribution in [0.1, 0.15) is 30.4 Å². The first kappa shape index (κ1) is 35.0. The van der Waals surface area contributed by atoms with Crippen LogP contribution in [0.15, 0.2) is 60.7 Å². The Morgan fingerprint density at radius 3 is 1.96 bits per heavy atom. The summed E-state index contributed by atoms with van der Waals surface area (Å²) in [5.74, 6) is -1.12. The number of rotatable bonds is 6. The number of fused-ring (bicyclic) bond motifs is 3. The van der Waals surface area contributed by atoms with E-state index < -0.39 is 85.0 Å². The third-order valence-electron chi connectivity index (χ3n) is 8.43. The van der Waals surface area contributed by atoms with Crippen LogP contribution < -0.4 is 21.3 Å². The average molecular weight is 673 g/mol. The molecule has 8 N–H and O–H groups in total. The topological polar surface area (TPSA) is 234 Å². The molecule has 0 unspecified atom stereocenters. The zero-order valence-electron chi connectivity index (χ0n) is 25.8. The number of benzene rings is 2. The summed E-state index contributed by atoms with van der Waals surface area (Å²) in [5.41, 5.74) is 1.41. The Bertz CT molecular complexity index is 1400. The van der Waals surface area contributed by atoms with Gasteiger partial charge in [-0.1, -0.05) is 60.7 Å². The lowest BCUT2D eigenvalue weighted by atomic mass is 9.83. The minimum Gasteiger partial charge on any atom is -0.445 e. The Morgan fingerprint density at radius 1 is 0.750 bits per heavy atom. The predicted octanol–water partition coefficient (Wildman–Crippen LogP) is -1.07. The Balaban J connectivity index is 1.33. The molecule has 1 aliphatic carbocycles. The van der Waals surface area contributed by atoms with Gasteiger partial charge < -0.3 is 60.6 Å². The molecule has 0 aromatic heterocycles. The van der Waals surface area contributed by atoms with E-state index in [4.69, 9.17) is 18.9 Å². The number of amides is 4. The zero-order chi connectivity index (χ0) is 34.2. The van der Waals surface area contributed by atoms with E-state index in [1.165, 1.54) is 0 Å². The number of carbonyl (C=O) groups excluding carboxylic acids is 4. The zero-order valence-corrected chi connectivity index (χ0v) is 25.8. The summed E-state index contributed by atoms with van der Waals surface area (Å²) in [6.07, 6.45) is -13.4. The van der Waals surface area contributed by atoms with Gasteiger partial charge in [-0.3, -0.25) is 9.59 Å². The molecule has 0 radical (unpaired) electrons. The van der Waals surface area contributed by atoms with Crippen molar-refractivity contribution in [1.82, 2.24) is 21.3 Å². The largest absolute Gasteiger partial charge is 0.445 e. The van der Waals surface area contributed by atoms with Crippen LogP contribution in [0.5, 0.6) is 0 Å². The quantitative estimate of drug-likeness (QED) is 0.183. The van der Waals surface area contributed by atoms with E-state index in [0.717, 1.165) is 5.56 Å². The Kier molecular flexibility index (Phi) is 11.8. The smallest absolute Gasteiger partial charge is 0.407 e. The van der Waals surface area contributed by atoms with Crippen molar-refractivity contribution in [2.45, 2.75) is 93.5 Å². The van der Waals surface area contributed by atoms with E-state index in [1.807, 2.05) is 6.07 Å². The van der Waals surface area contributed by atoms with Crippen molar-refractivity contribution >= 4 is 24.0 Å². The van der Waals surface area contributed by atoms with Gasteiger partial charge in [-0.05, 0) is 17.5 Å². The molecule has 48 heavy (non-hydrogen) atoms. The monoisotopic (exact) mass is 672 g/mol. The highest BCUT2D eigenvalue weighted by molar-refractivity contribution is 5.84. The van der Waals surface area contributed by atoms with Crippen LogP contribution in [0.4, 0.5) is 9.59 Å². The molecule has 16 nitrogen and oxygen atoms in total. The number of hydrogen-bond donors (Lipinski definition) is 8. The molecule has 2 saturated heterocycles. The van der Waals surface area contributed by atoms with Crippen molar-refractivity contribution in [2.75, 3.05) is 6.54 Å². The summed E-state index contributed by atoms with van der Waals surface area (Å²) >= 11 is 0. The van der Waals surface area contributed by atoms with E-state index in [9.17, 15) is 39.6 Å². The van der Waals surface area contributed by atoms with Gasteiger partial charge in [0.15, 0.2) is 6.29 Å². The van der Waals surface area contributed by atoms with Gasteiger partial charge in [0.1, 0.15) is 55.9 Å². The van der Waals surface area contributed by atoms with Gasteiger partial charge in [0, 0.05) is 19.4 Å². The maximum Gasteiger partial charge on any atom is 0.407 e. The molecule has 1 saturated carbocycles. The number of aliphatic hydroxyl groups is 4. The van der Waals surface area contributed by atoms with Crippen LogP contribution in [-0.4, -0.2) is 112 Å². The summed E-state index contributed by atoms with van der Waals surface area (Å²) in [6.45, 7) is -0.439. The van der Waals surface area contributed by atoms with Gasteiger partial charge in [-0.15, -0.1) is 0 Å². The van der Waals surface area contributed by atoms with E-state index in [1.54, 1.807) is 54.6 Å². The molecule has 3 fully saturated rings. The van der Waals surface area contributed by atoms with Crippen molar-refractivity contribution in [1.29, 1.82) is 0 Å². The van der Waals surface area contributed by atoms with Gasteiger partial charge >= 0.3 is 12.2 Å². The molecule has 2 aromatic rings. The Morgan fingerprint density at radius 2 is 1.33 bits per heavy atom. The fourth-order valence-corrected chi connectivity index (χ4v) is 5.83. The lowest BCUT2D eigenvalue weighted by Gasteiger charge is -2.47. The highest BCUT2D eigenvalue weighted by Crippen LogP contribution is 2.30. The molecule has 5 rings (SSSR count). The standard InChI is InChI=1S/C32H40N4O12/c37-22-11-12-23(38)34-20-13-19(35-31(43)45-15-17-7-3-1-4-8-17)25(39)28(42)29(20)48-30-24(27(41)26(40)21(47-30)14-33-22)36-32(44)46-16-18-9-5-2-6-10-18/h1-10,19-21,24-30,39-42H,11-16H2,(H,33,37)(H,34,38)(H,35,43)(H,36,44)/t19-,20+,21-,24-,25+,26-,27-,28-,29-,30-/m1/s1. The van der Waals surface area contributed by atoms with Crippen LogP contribution in [-0.2, 0) is 41.8 Å². The van der Waals surface area contributed by atoms with Gasteiger partial charge in [0.2, 0.25) is 11.8 Å². The minimum atomic E-state index is -1.75. The first-order chi connectivity index (χ1) is 23.1. The fraction of sp³-hybridized carbons (Fsp3) is 0.500. The summed E-state index contributed by atoms with van der Waals surface area (Å²) < 4.78 is 22.5. The average Bonchev–Trinajstić information content (AvgIpc) is 3.09. The van der Waals surface area contributed by atoms with Gasteiger partial charge in [0.25, 0.3) is 0 Å². The molecule has 10 atom stereocenters. The van der Waals surface area contributed by atoms with E-state index in [2.05, 4.69) is 21.3 Å². The number of ether oxygens (including phenoxy) is 4. The second-order valence-electron chi connectivity index (χ2n) is 11.9. The van der Waals surface area contributed by atoms with Gasteiger partial charge in [0.05, 0.1) is 12.1 Å². The molecule has 0 spiro atoms. The van der Waals surface area contributed by atoms with E-state index in [-0.39, 0.29) is 39.0 Å². The summed E-state index contributed by atoms with van der Waals surface area (Å²) in [5, 5.41) is 54.5. The molecule has 4 amide bonds. The molecule has 16 heteroatoms. The summed E-state index contributed by atoms with van der Waals surface area (Å²) in [6, 6.07) is 14.0. The minimum absolute atomic E-state index is 0.0530. The third kappa shape index (κ3) is 8.97. The molecule has 260 valence electrons. The first-order valence-corrected chi connectivity index (χ1v) is 15.6. The molecule has 2 aliphatic heterocycles. The summed E-state index contributed by atoms with van der Waals surface area (Å²) in [7, 11) is 0. The van der Waals surface area contributed by atoms with Crippen molar-refractivity contribution < 1.29 is 58.6 Å². The van der Waals surface area contributed by atoms with Crippen LogP contribution >= 0.6 is 0 Å². The van der Waals surface area contributed by atoms with Crippen molar-refractivity contribution in [2.24, 2.45) is 0 Å². The van der Waals surface area contributed by atoms with Crippen LogP contribution in [0.25, 0.3) is 0 Å². The Labute approximate surface area is 275 Å². The molecular formula is C32H40N4O12. The second kappa shape index (κ2) is 16.2. The number of alkyl carbamates (subject to hydrolysis) is 2. The van der Waals surface area contributed by atoms with Crippen LogP contribution in [0.2, 0.25) is 0 Å². The summed E-state index contributed by atoms with van der Waals surface area (Å²) in [4.78, 5) is 50.8. The van der Waals surface area contributed by atoms with E-state index in [0.29, 0.717) is 5.56 Å². The van der Waals surface area contributed by atoms with Crippen molar-refractivity contribution in [3.05, 3.63) is 71.8 Å². The van der Waals surface area contributed by atoms with E-state index >= 15 is 0 Å². The Hall–Kier alpha value is -4.32. The predicted molar refractivity (Wildman–Crippen MR) is 163 cm³/mol. The lowest BCUT2D eigenvalue weighted by Crippen LogP contribution is -2.69. The normalized spacial score (nSPS) is 32.4. The highest BCUT2D eigenvalue weighted by Gasteiger charge is 2.51. The van der Waals surface area contributed by atoms with Crippen molar-refractivity contribution in [3.63, 3.8) is 0 Å². The molecule has 2 bridgehead atoms. The number of hydrogen-bond acceptors (Lipinski definition) is 12. The number of carbonyl (C=O) groups is 4. The highest BCUT2D eigenvalue weighted by atomic mass is 16.7. The number of aliphatic hydroxyl groups excluding tert-OH is 4. The first-order valence-electron chi connectivity index (χ1n) is 15.6. The lowest BCUT2D eigenvalue weighted by molar-refractivity contribution is -0.293.